The van der Waals surface area contributed by atoms with Crippen LogP contribution in [-0.4, -0.2) is 33.8 Å². The zero-order valence-corrected chi connectivity index (χ0v) is 12.0. The third-order valence-corrected chi connectivity index (χ3v) is 3.22. The lowest BCUT2D eigenvalue weighted by molar-refractivity contribution is -0.108. The number of aryl methyl sites for hydroxylation is 1. The third kappa shape index (κ3) is 2.55. The summed E-state index contributed by atoms with van der Waals surface area (Å²) in [6.45, 7) is 1.74. The first-order valence-corrected chi connectivity index (χ1v) is 6.18. The van der Waals surface area contributed by atoms with Crippen LogP contribution in [0.5, 0.6) is 0 Å². The molecule has 110 valence electrons. The van der Waals surface area contributed by atoms with Crippen molar-refractivity contribution in [3.05, 3.63) is 33.9 Å². The highest BCUT2D eigenvalue weighted by Gasteiger charge is 2.11. The number of carbonyl (C=O) groups excluding carboxylic acids is 1. The number of hydrogen-bond acceptors (Lipinski definition) is 5. The fourth-order valence-electron chi connectivity index (χ4n) is 2.00. The monoisotopic (exact) mass is 288 g/mol. The van der Waals surface area contributed by atoms with Gasteiger partial charge in [-0.05, 0) is 13.0 Å². The highest BCUT2D eigenvalue weighted by atomic mass is 16.1. The summed E-state index contributed by atoms with van der Waals surface area (Å²) in [7, 11) is 3.19. The van der Waals surface area contributed by atoms with Crippen LogP contribution in [0.3, 0.4) is 0 Å². The molecule has 0 radical (unpaired) electrons. The fraction of sp³-hybridized carbons (Fsp3) is 0.231. The number of aromatic nitrogens is 3. The zero-order valence-electron chi connectivity index (χ0n) is 12.0. The topological polar surface area (TPSA) is 118 Å². The minimum Gasteiger partial charge on any atom is -0.398 e. The second-order valence-electron chi connectivity index (χ2n) is 4.46. The van der Waals surface area contributed by atoms with E-state index < -0.39 is 0 Å². The van der Waals surface area contributed by atoms with Crippen LogP contribution in [0, 0.1) is 0 Å². The largest absolute Gasteiger partial charge is 0.398 e. The minimum absolute atomic E-state index is 0.243. The Bertz CT molecular complexity index is 812. The minimum atomic E-state index is -0.243. The Morgan fingerprint density at radius 1 is 1.57 bits per heavy atom. The Morgan fingerprint density at radius 3 is 2.90 bits per heavy atom. The molecule has 8 nitrogen and oxygen atoms in total. The number of nitrogens with one attached hydrogen (secondary N) is 2. The summed E-state index contributed by atoms with van der Waals surface area (Å²) in [5.74, 6) is 0.379. The quantitative estimate of drug-likeness (QED) is 0.409. The van der Waals surface area contributed by atoms with Gasteiger partial charge in [-0.2, -0.15) is 0 Å². The molecule has 0 aliphatic heterocycles. The van der Waals surface area contributed by atoms with Crippen LogP contribution in [0.1, 0.15) is 12.5 Å². The molecule has 4 N–H and O–H groups in total. The van der Waals surface area contributed by atoms with Crippen molar-refractivity contribution in [2.45, 2.75) is 6.92 Å². The molecule has 0 saturated heterocycles. The number of nitrogens with two attached hydrogens (primary N) is 1. The van der Waals surface area contributed by atoms with Crippen LogP contribution in [0.4, 0.5) is 0 Å². The van der Waals surface area contributed by atoms with E-state index in [0.717, 1.165) is 0 Å². The van der Waals surface area contributed by atoms with Crippen molar-refractivity contribution in [3.8, 4) is 0 Å². The number of hydrogen-bond donors (Lipinski definition) is 3. The number of aromatic amines is 1. The molecule has 0 unspecified atom stereocenters. The van der Waals surface area contributed by atoms with Gasteiger partial charge in [-0.15, -0.1) is 0 Å². The average Bonchev–Trinajstić information content (AvgIpc) is 2.77. The fourth-order valence-corrected chi connectivity index (χ4v) is 2.00. The number of aliphatic imine (C=N–C) groups is 1. The van der Waals surface area contributed by atoms with Crippen LogP contribution < -0.4 is 16.7 Å². The summed E-state index contributed by atoms with van der Waals surface area (Å²) < 4.78 is 1.42. The molecule has 0 atom stereocenters. The van der Waals surface area contributed by atoms with Gasteiger partial charge in [0.15, 0.2) is 5.65 Å². The molecular weight excluding hydrogens is 272 g/mol. The van der Waals surface area contributed by atoms with Gasteiger partial charge in [-0.1, -0.05) is 0 Å². The van der Waals surface area contributed by atoms with Crippen molar-refractivity contribution in [1.29, 1.82) is 0 Å². The molecule has 2 rings (SSSR count). The summed E-state index contributed by atoms with van der Waals surface area (Å²) in [4.78, 5) is 33.0. The van der Waals surface area contributed by atoms with Gasteiger partial charge in [0, 0.05) is 37.1 Å². The average molecular weight is 288 g/mol. The van der Waals surface area contributed by atoms with Gasteiger partial charge < -0.3 is 16.0 Å². The number of fused-ring (bicyclic) bond motifs is 1. The van der Waals surface area contributed by atoms with Gasteiger partial charge in [-0.3, -0.25) is 14.4 Å². The van der Waals surface area contributed by atoms with E-state index in [1.54, 1.807) is 33.3 Å². The van der Waals surface area contributed by atoms with Gasteiger partial charge in [0.25, 0.3) is 0 Å². The normalized spacial score (nSPS) is 13.2. The molecule has 0 spiro atoms. The molecule has 2 heterocycles. The van der Waals surface area contributed by atoms with E-state index >= 15 is 0 Å². The van der Waals surface area contributed by atoms with Crippen LogP contribution in [0.2, 0.25) is 0 Å². The number of amides is 1. The summed E-state index contributed by atoms with van der Waals surface area (Å²) >= 11 is 0. The first kappa shape index (κ1) is 14.5. The van der Waals surface area contributed by atoms with E-state index in [1.807, 2.05) is 0 Å². The van der Waals surface area contributed by atoms with E-state index in [0.29, 0.717) is 40.2 Å². The van der Waals surface area contributed by atoms with E-state index in [-0.39, 0.29) is 5.69 Å². The van der Waals surface area contributed by atoms with E-state index in [9.17, 15) is 9.59 Å². The predicted molar refractivity (Wildman–Crippen MR) is 80.7 cm³/mol. The molecule has 2 aromatic heterocycles. The maximum Gasteiger partial charge on any atom is 0.327 e. The Labute approximate surface area is 120 Å². The molecule has 2 aromatic rings. The lowest BCUT2D eigenvalue weighted by Gasteiger charge is -2.09. The molecule has 1 amide bonds. The maximum absolute atomic E-state index is 11.5. The summed E-state index contributed by atoms with van der Waals surface area (Å²) in [5, 5.41) is 2.48. The van der Waals surface area contributed by atoms with Crippen molar-refractivity contribution in [2.24, 2.45) is 17.8 Å². The summed E-state index contributed by atoms with van der Waals surface area (Å²) in [5.41, 5.74) is 8.65. The smallest absolute Gasteiger partial charge is 0.327 e. The Balaban J connectivity index is 2.55. The van der Waals surface area contributed by atoms with Crippen LogP contribution in [0.25, 0.3) is 16.9 Å². The molecule has 8 heteroatoms. The van der Waals surface area contributed by atoms with Crippen molar-refractivity contribution >= 4 is 29.1 Å². The van der Waals surface area contributed by atoms with Crippen molar-refractivity contribution in [2.75, 3.05) is 7.05 Å². The second-order valence-corrected chi connectivity index (χ2v) is 4.46. The van der Waals surface area contributed by atoms with Crippen molar-refractivity contribution in [1.82, 2.24) is 19.9 Å². The van der Waals surface area contributed by atoms with Gasteiger partial charge in [-0.25, -0.2) is 9.78 Å². The number of rotatable bonds is 3. The standard InChI is InChI=1S/C13H16N6O2/c1-7(11(15-2)17-6-20)10(14)8-4-9-12(16-5-8)19(3)13(21)18-9/h4-6H,14H2,1-3H3,(H,18,21)(H,15,17,20). The third-order valence-electron chi connectivity index (χ3n) is 3.22. The summed E-state index contributed by atoms with van der Waals surface area (Å²) in [6, 6.07) is 1.73. The molecule has 0 aliphatic carbocycles. The van der Waals surface area contributed by atoms with Crippen LogP contribution >= 0.6 is 0 Å². The highest BCUT2D eigenvalue weighted by molar-refractivity contribution is 6.07. The lowest BCUT2D eigenvalue weighted by atomic mass is 10.1. The Kier molecular flexibility index (Phi) is 3.88. The van der Waals surface area contributed by atoms with Crippen molar-refractivity contribution in [3.63, 3.8) is 0 Å². The first-order chi connectivity index (χ1) is 9.99. The molecule has 0 bridgehead atoms. The molecule has 0 aromatic carbocycles. The number of nitrogens with zero attached hydrogens (tertiary/aromatic N) is 3. The SMILES string of the molecule is CN=C(NC=O)C(C)=C(N)c1cnc2c(c1)[nH]c(=O)n2C. The van der Waals surface area contributed by atoms with E-state index in [2.05, 4.69) is 20.3 Å². The Morgan fingerprint density at radius 2 is 2.29 bits per heavy atom. The number of pyridine rings is 1. The van der Waals surface area contributed by atoms with Gasteiger partial charge in [0.05, 0.1) is 5.52 Å². The highest BCUT2D eigenvalue weighted by Crippen LogP contribution is 2.16. The predicted octanol–water partition coefficient (Wildman–Crippen LogP) is -0.274. The van der Waals surface area contributed by atoms with Gasteiger partial charge >= 0.3 is 5.69 Å². The number of amidine groups is 1. The van der Waals surface area contributed by atoms with Gasteiger partial charge in [0.2, 0.25) is 6.41 Å². The number of H-pyrrole nitrogens is 1. The zero-order chi connectivity index (χ0) is 15.6. The van der Waals surface area contributed by atoms with E-state index in [1.165, 1.54) is 4.57 Å². The first-order valence-electron chi connectivity index (χ1n) is 6.18. The molecule has 0 saturated carbocycles. The van der Waals surface area contributed by atoms with Crippen molar-refractivity contribution < 1.29 is 4.79 Å². The molecular formula is C13H16N6O2. The van der Waals surface area contributed by atoms with Crippen LogP contribution in [0.15, 0.2) is 27.6 Å². The summed E-state index contributed by atoms with van der Waals surface area (Å²) in [6.07, 6.45) is 2.11. The van der Waals surface area contributed by atoms with Gasteiger partial charge in [0.1, 0.15) is 5.84 Å². The molecule has 0 fully saturated rings. The molecule has 21 heavy (non-hydrogen) atoms. The number of carbonyl (C=O) groups is 1. The maximum atomic E-state index is 11.5. The second kappa shape index (κ2) is 5.61. The van der Waals surface area contributed by atoms with Crippen LogP contribution in [-0.2, 0) is 11.8 Å². The molecule has 0 aliphatic rings. The Hall–Kier alpha value is -2.90. The number of imidazole rings is 1. The van der Waals surface area contributed by atoms with E-state index in [4.69, 9.17) is 5.73 Å². The lowest BCUT2D eigenvalue weighted by Crippen LogP contribution is -2.24.